The fraction of sp³-hybridized carbons (Fsp3) is 0.524. The summed E-state index contributed by atoms with van der Waals surface area (Å²) in [4.78, 5) is 15.0. The predicted molar refractivity (Wildman–Crippen MR) is 102 cm³/mol. The second-order valence-electron chi connectivity index (χ2n) is 7.55. The molecular formula is C21H27N3O3. The molecule has 27 heavy (non-hydrogen) atoms. The molecule has 1 aliphatic carbocycles. The maximum atomic E-state index is 13.1. The molecule has 2 aromatic rings. The molecule has 2 fully saturated rings. The number of aryl methyl sites for hydroxylation is 2. The largest absolute Gasteiger partial charge is 0.491 e. The average molecular weight is 369 g/mol. The van der Waals surface area contributed by atoms with Crippen molar-refractivity contribution in [2.24, 2.45) is 7.05 Å². The summed E-state index contributed by atoms with van der Waals surface area (Å²) in [6.07, 6.45) is 4.51. The van der Waals surface area contributed by atoms with Gasteiger partial charge in [-0.05, 0) is 56.4 Å². The lowest BCUT2D eigenvalue weighted by atomic mass is 10.2. The van der Waals surface area contributed by atoms with Crippen molar-refractivity contribution < 1.29 is 14.3 Å². The van der Waals surface area contributed by atoms with Crippen LogP contribution in [0.5, 0.6) is 5.75 Å². The van der Waals surface area contributed by atoms with Crippen molar-refractivity contribution in [2.75, 3.05) is 13.2 Å². The van der Waals surface area contributed by atoms with Crippen LogP contribution in [0.2, 0.25) is 0 Å². The fourth-order valence-corrected chi connectivity index (χ4v) is 3.61. The van der Waals surface area contributed by atoms with Gasteiger partial charge >= 0.3 is 0 Å². The normalized spacial score (nSPS) is 19.3. The second kappa shape index (κ2) is 7.72. The molecule has 1 atom stereocenters. The van der Waals surface area contributed by atoms with Crippen LogP contribution in [-0.2, 0) is 18.3 Å². The molecule has 1 aromatic heterocycles. The van der Waals surface area contributed by atoms with Crippen molar-refractivity contribution in [2.45, 2.75) is 51.3 Å². The zero-order chi connectivity index (χ0) is 18.8. The summed E-state index contributed by atoms with van der Waals surface area (Å²) in [5.74, 6) is 0.883. The average Bonchev–Trinajstić information content (AvgIpc) is 3.25. The molecule has 144 valence electrons. The Bertz CT molecular complexity index is 807. The third-order valence-electron chi connectivity index (χ3n) is 5.18. The molecule has 0 spiro atoms. The molecule has 1 saturated carbocycles. The number of ether oxygens (including phenoxy) is 2. The summed E-state index contributed by atoms with van der Waals surface area (Å²) >= 11 is 0. The first-order valence-electron chi connectivity index (χ1n) is 9.75. The third kappa shape index (κ3) is 4.33. The lowest BCUT2D eigenvalue weighted by Crippen LogP contribution is -2.33. The van der Waals surface area contributed by atoms with E-state index in [1.165, 1.54) is 0 Å². The van der Waals surface area contributed by atoms with Gasteiger partial charge in [0.2, 0.25) is 0 Å². The van der Waals surface area contributed by atoms with E-state index in [0.717, 1.165) is 49.3 Å². The van der Waals surface area contributed by atoms with E-state index in [4.69, 9.17) is 9.47 Å². The molecule has 1 unspecified atom stereocenters. The molecule has 6 heteroatoms. The first kappa shape index (κ1) is 18.0. The Balaban J connectivity index is 1.44. The highest BCUT2D eigenvalue weighted by Crippen LogP contribution is 2.30. The number of amides is 1. The summed E-state index contributed by atoms with van der Waals surface area (Å²) in [6.45, 7) is 3.92. The van der Waals surface area contributed by atoms with Crippen LogP contribution in [0.25, 0.3) is 0 Å². The van der Waals surface area contributed by atoms with Crippen molar-refractivity contribution in [1.82, 2.24) is 14.7 Å². The summed E-state index contributed by atoms with van der Waals surface area (Å²) in [6, 6.07) is 10.2. The van der Waals surface area contributed by atoms with Gasteiger partial charge in [-0.2, -0.15) is 5.10 Å². The van der Waals surface area contributed by atoms with E-state index in [2.05, 4.69) is 11.2 Å². The van der Waals surface area contributed by atoms with Gasteiger partial charge in [0.15, 0.2) is 0 Å². The number of carbonyl (C=O) groups is 1. The van der Waals surface area contributed by atoms with E-state index >= 15 is 0 Å². The second-order valence-corrected chi connectivity index (χ2v) is 7.55. The Morgan fingerprint density at radius 3 is 2.85 bits per heavy atom. The molecular weight excluding hydrogens is 342 g/mol. The smallest absolute Gasteiger partial charge is 0.272 e. The quantitative estimate of drug-likeness (QED) is 0.753. The Morgan fingerprint density at radius 1 is 1.33 bits per heavy atom. The predicted octanol–water partition coefficient (Wildman–Crippen LogP) is 3.09. The van der Waals surface area contributed by atoms with E-state index in [9.17, 15) is 4.79 Å². The van der Waals surface area contributed by atoms with E-state index in [0.29, 0.717) is 24.9 Å². The molecule has 6 nitrogen and oxygen atoms in total. The topological polar surface area (TPSA) is 56.6 Å². The standard InChI is InChI=1S/C21H27N3O3/c1-15-11-20(23(2)22-15)21(25)24(17-8-9-17)13-16-5-3-6-18(12-16)27-14-19-7-4-10-26-19/h3,5-6,11-12,17,19H,4,7-10,13-14H2,1-2H3. The minimum absolute atomic E-state index is 0.0475. The Labute approximate surface area is 160 Å². The first-order chi connectivity index (χ1) is 13.1. The minimum Gasteiger partial charge on any atom is -0.491 e. The number of aromatic nitrogens is 2. The summed E-state index contributed by atoms with van der Waals surface area (Å²) in [7, 11) is 1.82. The van der Waals surface area contributed by atoms with E-state index < -0.39 is 0 Å². The Kier molecular flexibility index (Phi) is 5.16. The van der Waals surface area contributed by atoms with Crippen LogP contribution in [-0.4, -0.2) is 45.9 Å². The summed E-state index contributed by atoms with van der Waals surface area (Å²) in [5, 5.41) is 4.31. The maximum Gasteiger partial charge on any atom is 0.272 e. The molecule has 0 radical (unpaired) electrons. The molecule has 1 aliphatic heterocycles. The van der Waals surface area contributed by atoms with Crippen molar-refractivity contribution in [1.29, 1.82) is 0 Å². The first-order valence-corrected chi connectivity index (χ1v) is 9.75. The Morgan fingerprint density at radius 2 is 2.19 bits per heavy atom. The van der Waals surface area contributed by atoms with Crippen LogP contribution < -0.4 is 4.74 Å². The summed E-state index contributed by atoms with van der Waals surface area (Å²) in [5.41, 5.74) is 2.59. The van der Waals surface area contributed by atoms with Gasteiger partial charge in [0.05, 0.1) is 11.8 Å². The fourth-order valence-electron chi connectivity index (χ4n) is 3.61. The van der Waals surface area contributed by atoms with Crippen LogP contribution in [0.1, 0.15) is 47.4 Å². The number of hydrogen-bond donors (Lipinski definition) is 0. The van der Waals surface area contributed by atoms with Gasteiger partial charge in [0, 0.05) is 26.2 Å². The van der Waals surface area contributed by atoms with Gasteiger partial charge in [0.25, 0.3) is 5.91 Å². The highest BCUT2D eigenvalue weighted by atomic mass is 16.5. The number of carbonyl (C=O) groups excluding carboxylic acids is 1. The van der Waals surface area contributed by atoms with Crippen LogP contribution >= 0.6 is 0 Å². The van der Waals surface area contributed by atoms with Crippen molar-refractivity contribution in [3.63, 3.8) is 0 Å². The van der Waals surface area contributed by atoms with Crippen molar-refractivity contribution in [3.8, 4) is 5.75 Å². The van der Waals surface area contributed by atoms with E-state index in [-0.39, 0.29) is 12.0 Å². The van der Waals surface area contributed by atoms with Gasteiger partial charge in [-0.3, -0.25) is 9.48 Å². The van der Waals surface area contributed by atoms with E-state index in [1.54, 1.807) is 4.68 Å². The minimum atomic E-state index is 0.0475. The van der Waals surface area contributed by atoms with E-state index in [1.807, 2.05) is 43.1 Å². The van der Waals surface area contributed by atoms with Crippen molar-refractivity contribution in [3.05, 3.63) is 47.3 Å². The molecule has 0 N–H and O–H groups in total. The highest BCUT2D eigenvalue weighted by molar-refractivity contribution is 5.93. The van der Waals surface area contributed by atoms with Crippen LogP contribution in [0.4, 0.5) is 0 Å². The molecule has 4 rings (SSSR count). The van der Waals surface area contributed by atoms with Gasteiger partial charge < -0.3 is 14.4 Å². The SMILES string of the molecule is Cc1cc(C(=O)N(Cc2cccc(OCC3CCCO3)c2)C2CC2)n(C)n1. The van der Waals surface area contributed by atoms with Gasteiger partial charge in [0.1, 0.15) is 18.1 Å². The summed E-state index contributed by atoms with van der Waals surface area (Å²) < 4.78 is 13.2. The molecule has 1 saturated heterocycles. The molecule has 2 heterocycles. The van der Waals surface area contributed by atoms with Gasteiger partial charge in [-0.25, -0.2) is 0 Å². The third-order valence-corrected chi connectivity index (χ3v) is 5.18. The van der Waals surface area contributed by atoms with Gasteiger partial charge in [-0.15, -0.1) is 0 Å². The number of hydrogen-bond acceptors (Lipinski definition) is 4. The lowest BCUT2D eigenvalue weighted by molar-refractivity contribution is 0.0678. The molecule has 1 amide bonds. The van der Waals surface area contributed by atoms with Crippen LogP contribution in [0, 0.1) is 6.92 Å². The zero-order valence-corrected chi connectivity index (χ0v) is 16.1. The monoisotopic (exact) mass is 369 g/mol. The van der Waals surface area contributed by atoms with Gasteiger partial charge in [-0.1, -0.05) is 12.1 Å². The van der Waals surface area contributed by atoms with Crippen LogP contribution in [0.15, 0.2) is 30.3 Å². The number of rotatable bonds is 7. The highest BCUT2D eigenvalue weighted by Gasteiger charge is 2.34. The zero-order valence-electron chi connectivity index (χ0n) is 16.1. The molecule has 2 aliphatic rings. The number of nitrogens with zero attached hydrogens (tertiary/aromatic N) is 3. The van der Waals surface area contributed by atoms with Crippen molar-refractivity contribution >= 4 is 5.91 Å². The maximum absolute atomic E-state index is 13.1. The van der Waals surface area contributed by atoms with Crippen LogP contribution in [0.3, 0.4) is 0 Å². The molecule has 1 aromatic carbocycles. The Hall–Kier alpha value is -2.34. The molecule has 0 bridgehead atoms. The number of benzene rings is 1. The lowest BCUT2D eigenvalue weighted by Gasteiger charge is -2.23.